The highest BCUT2D eigenvalue weighted by Gasteiger charge is 2.57. The van der Waals surface area contributed by atoms with Crippen molar-refractivity contribution >= 4 is 6.09 Å². The van der Waals surface area contributed by atoms with E-state index in [0.29, 0.717) is 0 Å². The number of fused-ring (bicyclic) bond motifs is 1. The smallest absolute Gasteiger partial charge is 0.410 e. The van der Waals surface area contributed by atoms with Gasteiger partial charge in [-0.25, -0.2) is 4.79 Å². The Morgan fingerprint density at radius 1 is 0.660 bits per heavy atom. The molecule has 2 aliphatic heterocycles. The number of aliphatic hydroxyl groups excluding tert-OH is 2. The van der Waals surface area contributed by atoms with E-state index >= 15 is 0 Å². The van der Waals surface area contributed by atoms with Crippen LogP contribution in [-0.2, 0) is 37.8 Å². The molecule has 5 aromatic carbocycles. The predicted octanol–water partition coefficient (Wildman–Crippen LogP) is 6.09. The average Bonchev–Trinajstić information content (AvgIpc) is 3.66. The van der Waals surface area contributed by atoms with Gasteiger partial charge in [0.2, 0.25) is 0 Å². The van der Waals surface area contributed by atoms with Crippen molar-refractivity contribution < 1.29 is 34.0 Å². The van der Waals surface area contributed by atoms with Gasteiger partial charge in [-0.1, -0.05) is 152 Å². The molecule has 2 N–H and O–H groups in total. The molecular weight excluding hydrogens is 630 g/mol. The summed E-state index contributed by atoms with van der Waals surface area (Å²) < 4.78 is 26.6. The number of carbonyl (C=O) groups is 1. The average molecular weight is 672 g/mol. The number of hydrogen-bond donors (Lipinski definition) is 2. The van der Waals surface area contributed by atoms with E-state index < -0.39 is 48.3 Å². The van der Waals surface area contributed by atoms with Crippen molar-refractivity contribution in [2.75, 3.05) is 13.2 Å². The van der Waals surface area contributed by atoms with Crippen molar-refractivity contribution in [3.8, 4) is 0 Å². The van der Waals surface area contributed by atoms with Crippen LogP contribution >= 0.6 is 0 Å². The van der Waals surface area contributed by atoms with Gasteiger partial charge < -0.3 is 29.2 Å². The van der Waals surface area contributed by atoms with Crippen LogP contribution in [0.4, 0.5) is 4.79 Å². The maximum atomic E-state index is 13.2. The quantitative estimate of drug-likeness (QED) is 0.138. The van der Waals surface area contributed by atoms with E-state index in [4.69, 9.17) is 18.9 Å². The van der Waals surface area contributed by atoms with Crippen LogP contribution in [0, 0.1) is 0 Å². The van der Waals surface area contributed by atoms with Crippen molar-refractivity contribution in [3.63, 3.8) is 0 Å². The van der Waals surface area contributed by atoms with E-state index in [-0.39, 0.29) is 26.4 Å². The first-order chi connectivity index (χ1) is 24.5. The third kappa shape index (κ3) is 6.94. The van der Waals surface area contributed by atoms with Gasteiger partial charge in [-0.05, 0) is 27.8 Å². The maximum absolute atomic E-state index is 13.2. The lowest BCUT2D eigenvalue weighted by Crippen LogP contribution is -2.53. The molecule has 0 aromatic heterocycles. The van der Waals surface area contributed by atoms with Gasteiger partial charge in [-0.2, -0.15) is 0 Å². The van der Waals surface area contributed by atoms with Crippen molar-refractivity contribution in [2.24, 2.45) is 0 Å². The van der Waals surface area contributed by atoms with Gasteiger partial charge in [0, 0.05) is 0 Å². The summed E-state index contributed by atoms with van der Waals surface area (Å²) in [6.07, 6.45) is -5.58. The minimum absolute atomic E-state index is 0.0182. The normalized spacial score (nSPS) is 21.4. The van der Waals surface area contributed by atoms with Crippen LogP contribution in [-0.4, -0.2) is 70.9 Å². The number of ether oxygens (including phenoxy) is 4. The first-order valence-corrected chi connectivity index (χ1v) is 17.0. The molecular formula is C42H41NO7. The number of rotatable bonds is 14. The first-order valence-electron chi connectivity index (χ1n) is 17.0. The molecule has 0 radical (unpaired) electrons. The first kappa shape index (κ1) is 33.7. The highest BCUT2D eigenvalue weighted by molar-refractivity contribution is 5.72. The van der Waals surface area contributed by atoms with Gasteiger partial charge in [0.15, 0.2) is 6.10 Å². The minimum Gasteiger partial charge on any atom is -0.441 e. The van der Waals surface area contributed by atoms with E-state index in [9.17, 15) is 15.0 Å². The third-order valence-electron chi connectivity index (χ3n) is 9.58. The second-order valence-corrected chi connectivity index (χ2v) is 12.7. The van der Waals surface area contributed by atoms with E-state index in [1.807, 2.05) is 115 Å². The van der Waals surface area contributed by atoms with Gasteiger partial charge in [-0.15, -0.1) is 0 Å². The number of carbonyl (C=O) groups excluding carboxylic acids is 1. The Labute approximate surface area is 292 Å². The zero-order valence-corrected chi connectivity index (χ0v) is 27.6. The van der Waals surface area contributed by atoms with E-state index in [2.05, 4.69) is 36.4 Å². The molecule has 7 rings (SSSR count). The summed E-state index contributed by atoms with van der Waals surface area (Å²) in [4.78, 5) is 14.5. The van der Waals surface area contributed by atoms with Crippen molar-refractivity contribution in [2.45, 2.75) is 55.4 Å². The zero-order chi connectivity index (χ0) is 34.3. The highest BCUT2D eigenvalue weighted by atomic mass is 16.6. The molecule has 2 aliphatic rings. The summed E-state index contributed by atoms with van der Waals surface area (Å²) in [6.45, 7) is 0.411. The molecule has 0 saturated carbocycles. The topological polar surface area (TPSA) is 97.7 Å². The monoisotopic (exact) mass is 671 g/mol. The second kappa shape index (κ2) is 15.4. The zero-order valence-electron chi connectivity index (χ0n) is 27.6. The SMILES string of the molecule is O=C1O[C@@H]([C@@H](OCc2ccccc2)[C@H](COC(c2ccccc2)(c2ccccc2)c2ccccc2)OCc2ccccc2)[C@H]2[C@@H](O)[C@@H](O)CN12. The number of benzene rings is 5. The lowest BCUT2D eigenvalue weighted by atomic mass is 9.80. The van der Waals surface area contributed by atoms with E-state index in [1.165, 1.54) is 4.90 Å². The summed E-state index contributed by atoms with van der Waals surface area (Å²) >= 11 is 0. The van der Waals surface area contributed by atoms with Crippen LogP contribution in [0.5, 0.6) is 0 Å². The molecule has 8 nitrogen and oxygen atoms in total. The molecule has 2 saturated heterocycles. The molecule has 1 amide bonds. The van der Waals surface area contributed by atoms with Gasteiger partial charge in [0.1, 0.15) is 30.0 Å². The molecule has 256 valence electrons. The van der Waals surface area contributed by atoms with Crippen LogP contribution in [0.3, 0.4) is 0 Å². The van der Waals surface area contributed by atoms with E-state index in [1.54, 1.807) is 0 Å². The lowest BCUT2D eigenvalue weighted by Gasteiger charge is -2.39. The van der Waals surface area contributed by atoms with Crippen LogP contribution in [0.15, 0.2) is 152 Å². The molecule has 5 aromatic rings. The Morgan fingerprint density at radius 2 is 1.10 bits per heavy atom. The Bertz CT molecular complexity index is 1700. The molecule has 8 heteroatoms. The number of cyclic esters (lactones) is 1. The number of nitrogens with zero attached hydrogens (tertiary/aromatic N) is 1. The summed E-state index contributed by atoms with van der Waals surface area (Å²) in [6, 6.07) is 48.9. The lowest BCUT2D eigenvalue weighted by molar-refractivity contribution is -0.166. The Hall–Kier alpha value is -4.83. The van der Waals surface area contributed by atoms with Gasteiger partial charge in [-0.3, -0.25) is 4.90 Å². The minimum atomic E-state index is -1.22. The van der Waals surface area contributed by atoms with Gasteiger partial charge >= 0.3 is 6.09 Å². The van der Waals surface area contributed by atoms with Crippen molar-refractivity contribution in [1.82, 2.24) is 4.90 Å². The summed E-state index contributed by atoms with van der Waals surface area (Å²) in [5.41, 5.74) is 3.59. The summed E-state index contributed by atoms with van der Waals surface area (Å²) in [7, 11) is 0. The largest absolute Gasteiger partial charge is 0.441 e. The van der Waals surface area contributed by atoms with Crippen LogP contribution in [0.25, 0.3) is 0 Å². The van der Waals surface area contributed by atoms with Crippen LogP contribution in [0.1, 0.15) is 27.8 Å². The van der Waals surface area contributed by atoms with Crippen molar-refractivity contribution in [1.29, 1.82) is 0 Å². The molecule has 0 bridgehead atoms. The fourth-order valence-corrected chi connectivity index (χ4v) is 7.10. The van der Waals surface area contributed by atoms with Gasteiger partial charge in [0.25, 0.3) is 0 Å². The maximum Gasteiger partial charge on any atom is 0.410 e. The standard InChI is InChI=1S/C42H41NO7/c44-35-26-43-37(38(35)45)40(50-41(43)46)39(48-28-31-18-8-2-9-19-31)36(47-27-30-16-6-1-7-17-30)29-49-42(32-20-10-3-11-21-32,33-22-12-4-13-23-33)34-24-14-5-15-25-34/h1-25,35-40,44-45H,26-29H2/t35-,36-,37+,38-,39-,40+/m0/s1. The number of hydrogen-bond acceptors (Lipinski definition) is 7. The molecule has 2 fully saturated rings. The van der Waals surface area contributed by atoms with Crippen molar-refractivity contribution in [3.05, 3.63) is 179 Å². The van der Waals surface area contributed by atoms with E-state index in [0.717, 1.165) is 27.8 Å². The molecule has 2 heterocycles. The molecule has 0 unspecified atom stereocenters. The van der Waals surface area contributed by atoms with Crippen LogP contribution in [0.2, 0.25) is 0 Å². The highest BCUT2D eigenvalue weighted by Crippen LogP contribution is 2.42. The molecule has 6 atom stereocenters. The molecule has 0 spiro atoms. The number of amides is 1. The summed E-state index contributed by atoms with van der Waals surface area (Å²) in [5.74, 6) is 0. The van der Waals surface area contributed by atoms with Gasteiger partial charge in [0.05, 0.1) is 32.5 Å². The Kier molecular flexibility index (Phi) is 10.3. The predicted molar refractivity (Wildman–Crippen MR) is 188 cm³/mol. The van der Waals surface area contributed by atoms with Crippen LogP contribution < -0.4 is 0 Å². The fourth-order valence-electron chi connectivity index (χ4n) is 7.10. The Balaban J connectivity index is 1.31. The summed E-state index contributed by atoms with van der Waals surface area (Å²) in [5, 5.41) is 21.7. The molecule has 50 heavy (non-hydrogen) atoms. The number of aliphatic hydroxyl groups is 2. The second-order valence-electron chi connectivity index (χ2n) is 12.7. The molecule has 0 aliphatic carbocycles. The Morgan fingerprint density at radius 3 is 1.58 bits per heavy atom. The third-order valence-corrected chi connectivity index (χ3v) is 9.58. The fraction of sp³-hybridized carbons (Fsp3) is 0.262.